The Morgan fingerprint density at radius 3 is 2.55 bits per heavy atom. The van der Waals surface area contributed by atoms with E-state index in [0.29, 0.717) is 5.02 Å². The number of imidazole rings is 1. The van der Waals surface area contributed by atoms with Crippen LogP contribution in [0.3, 0.4) is 0 Å². The van der Waals surface area contributed by atoms with Crippen LogP contribution in [0.15, 0.2) is 48.5 Å². The van der Waals surface area contributed by atoms with Gasteiger partial charge in [-0.2, -0.15) is 0 Å². The normalized spacial score (nSPS) is 12.8. The van der Waals surface area contributed by atoms with Gasteiger partial charge in [0.05, 0.1) is 17.1 Å². The fraction of sp³-hybridized carbons (Fsp3) is 0.188. The molecule has 102 valence electrons. The monoisotopic (exact) mass is 285 g/mol. The zero-order chi connectivity index (χ0) is 14.1. The summed E-state index contributed by atoms with van der Waals surface area (Å²) in [6, 6.07) is 15.5. The van der Waals surface area contributed by atoms with Gasteiger partial charge < -0.3 is 10.3 Å². The summed E-state index contributed by atoms with van der Waals surface area (Å²) in [5.74, 6) is 0.885. The first-order valence-corrected chi connectivity index (χ1v) is 7.04. The van der Waals surface area contributed by atoms with Gasteiger partial charge in [0.25, 0.3) is 0 Å². The number of halogens is 1. The second-order valence-corrected chi connectivity index (χ2v) is 5.17. The van der Waals surface area contributed by atoms with Crippen LogP contribution in [0.1, 0.15) is 24.4 Å². The van der Waals surface area contributed by atoms with Gasteiger partial charge in [0.1, 0.15) is 5.82 Å². The average Bonchev–Trinajstić information content (AvgIpc) is 2.85. The summed E-state index contributed by atoms with van der Waals surface area (Å²) >= 11 is 5.92. The highest BCUT2D eigenvalue weighted by Crippen LogP contribution is 2.24. The number of nitrogens with zero attached hydrogens (tertiary/aromatic N) is 2. The highest BCUT2D eigenvalue weighted by atomic mass is 35.5. The molecule has 0 aliphatic carbocycles. The third-order valence-electron chi connectivity index (χ3n) is 3.51. The quantitative estimate of drug-likeness (QED) is 0.796. The Balaban J connectivity index is 2.11. The van der Waals surface area contributed by atoms with Gasteiger partial charge in [-0.3, -0.25) is 0 Å². The summed E-state index contributed by atoms with van der Waals surface area (Å²) in [7, 11) is 0. The minimum absolute atomic E-state index is 0.250. The molecule has 3 aromatic rings. The molecule has 0 amide bonds. The van der Waals surface area contributed by atoms with Crippen LogP contribution in [0.4, 0.5) is 0 Å². The van der Waals surface area contributed by atoms with Crippen LogP contribution in [-0.4, -0.2) is 9.55 Å². The molecule has 0 aliphatic heterocycles. The lowest BCUT2D eigenvalue weighted by Gasteiger charge is -2.14. The molecule has 3 nitrogen and oxygen atoms in total. The molecule has 0 bridgehead atoms. The van der Waals surface area contributed by atoms with E-state index in [9.17, 15) is 0 Å². The van der Waals surface area contributed by atoms with E-state index in [1.165, 1.54) is 0 Å². The lowest BCUT2D eigenvalue weighted by molar-refractivity contribution is 0.671. The van der Waals surface area contributed by atoms with Crippen LogP contribution < -0.4 is 5.73 Å². The summed E-state index contributed by atoms with van der Waals surface area (Å²) in [5, 5.41) is 0.713. The molecule has 0 aliphatic rings. The van der Waals surface area contributed by atoms with Gasteiger partial charge in [0.15, 0.2) is 0 Å². The van der Waals surface area contributed by atoms with E-state index in [0.717, 1.165) is 29.0 Å². The van der Waals surface area contributed by atoms with Gasteiger partial charge in [-0.15, -0.1) is 0 Å². The van der Waals surface area contributed by atoms with Crippen molar-refractivity contribution < 1.29 is 0 Å². The smallest absolute Gasteiger partial charge is 0.131 e. The molecule has 1 atom stereocenters. The summed E-state index contributed by atoms with van der Waals surface area (Å²) in [4.78, 5) is 4.69. The molecule has 4 heteroatoms. The van der Waals surface area contributed by atoms with Crippen molar-refractivity contribution in [3.8, 4) is 0 Å². The van der Waals surface area contributed by atoms with Crippen molar-refractivity contribution in [2.24, 2.45) is 5.73 Å². The summed E-state index contributed by atoms with van der Waals surface area (Å²) in [6.45, 7) is 2.95. The third-order valence-corrected chi connectivity index (χ3v) is 3.76. The molecule has 1 aromatic heterocycles. The standard InChI is InChI=1S/C16H16ClN3/c1-2-20-14-6-4-3-5-13(14)19-16(20)15(18)11-7-9-12(17)10-8-11/h3-10,15H,2,18H2,1H3. The van der Waals surface area contributed by atoms with Crippen LogP contribution in [0, 0.1) is 0 Å². The van der Waals surface area contributed by atoms with Crippen LogP contribution in [0.2, 0.25) is 5.02 Å². The van der Waals surface area contributed by atoms with Crippen LogP contribution in [0.5, 0.6) is 0 Å². The number of nitrogens with two attached hydrogens (primary N) is 1. The van der Waals surface area contributed by atoms with E-state index in [2.05, 4.69) is 22.5 Å². The van der Waals surface area contributed by atoms with Gasteiger partial charge >= 0.3 is 0 Å². The number of hydrogen-bond donors (Lipinski definition) is 1. The number of benzene rings is 2. The summed E-state index contributed by atoms with van der Waals surface area (Å²) < 4.78 is 2.16. The van der Waals surface area contributed by atoms with Crippen molar-refractivity contribution in [1.29, 1.82) is 0 Å². The maximum absolute atomic E-state index is 6.38. The molecule has 3 rings (SSSR count). The van der Waals surface area contributed by atoms with E-state index in [4.69, 9.17) is 17.3 Å². The molecule has 0 radical (unpaired) electrons. The second-order valence-electron chi connectivity index (χ2n) is 4.73. The van der Waals surface area contributed by atoms with Crippen LogP contribution in [0.25, 0.3) is 11.0 Å². The van der Waals surface area contributed by atoms with E-state index in [1.807, 2.05) is 42.5 Å². The molecular formula is C16H16ClN3. The minimum atomic E-state index is -0.250. The largest absolute Gasteiger partial charge is 0.327 e. The highest BCUT2D eigenvalue weighted by molar-refractivity contribution is 6.30. The number of para-hydroxylation sites is 2. The van der Waals surface area contributed by atoms with E-state index in [-0.39, 0.29) is 6.04 Å². The fourth-order valence-corrected chi connectivity index (χ4v) is 2.61. The number of hydrogen-bond acceptors (Lipinski definition) is 2. The zero-order valence-corrected chi connectivity index (χ0v) is 12.0. The second kappa shape index (κ2) is 5.27. The van der Waals surface area contributed by atoms with Crippen molar-refractivity contribution in [2.75, 3.05) is 0 Å². The Bertz CT molecular complexity index is 731. The maximum atomic E-state index is 6.38. The molecule has 20 heavy (non-hydrogen) atoms. The minimum Gasteiger partial charge on any atom is -0.327 e. The Labute approximate surface area is 123 Å². The van der Waals surface area contributed by atoms with E-state index in [1.54, 1.807) is 0 Å². The molecule has 2 aromatic carbocycles. The molecular weight excluding hydrogens is 270 g/mol. The lowest BCUT2D eigenvalue weighted by atomic mass is 10.1. The van der Waals surface area contributed by atoms with E-state index >= 15 is 0 Å². The topological polar surface area (TPSA) is 43.8 Å². The maximum Gasteiger partial charge on any atom is 0.131 e. The van der Waals surface area contributed by atoms with Crippen molar-refractivity contribution in [1.82, 2.24) is 9.55 Å². The summed E-state index contributed by atoms with van der Waals surface area (Å²) in [6.07, 6.45) is 0. The van der Waals surface area contributed by atoms with Gasteiger partial charge in [0, 0.05) is 11.6 Å². The fourth-order valence-electron chi connectivity index (χ4n) is 2.48. The molecule has 2 N–H and O–H groups in total. The third kappa shape index (κ3) is 2.19. The zero-order valence-electron chi connectivity index (χ0n) is 11.3. The predicted octanol–water partition coefficient (Wildman–Crippen LogP) is 3.76. The molecule has 0 fully saturated rings. The Kier molecular flexibility index (Phi) is 3.47. The van der Waals surface area contributed by atoms with Crippen LogP contribution in [-0.2, 0) is 6.54 Å². The Hall–Kier alpha value is -1.84. The van der Waals surface area contributed by atoms with Crippen molar-refractivity contribution in [2.45, 2.75) is 19.5 Å². The lowest BCUT2D eigenvalue weighted by Crippen LogP contribution is -2.17. The molecule has 0 spiro atoms. The molecule has 0 saturated heterocycles. The van der Waals surface area contributed by atoms with Crippen molar-refractivity contribution in [3.05, 3.63) is 64.9 Å². The van der Waals surface area contributed by atoms with Crippen molar-refractivity contribution >= 4 is 22.6 Å². The Morgan fingerprint density at radius 2 is 1.85 bits per heavy atom. The predicted molar refractivity (Wildman–Crippen MR) is 82.9 cm³/mol. The van der Waals surface area contributed by atoms with Crippen LogP contribution >= 0.6 is 11.6 Å². The number of rotatable bonds is 3. The molecule has 0 saturated carbocycles. The Morgan fingerprint density at radius 1 is 1.15 bits per heavy atom. The molecule has 1 unspecified atom stereocenters. The molecule has 1 heterocycles. The number of aromatic nitrogens is 2. The number of aryl methyl sites for hydroxylation is 1. The average molecular weight is 286 g/mol. The van der Waals surface area contributed by atoms with Gasteiger partial charge in [0.2, 0.25) is 0 Å². The van der Waals surface area contributed by atoms with E-state index < -0.39 is 0 Å². The number of fused-ring (bicyclic) bond motifs is 1. The first-order valence-electron chi connectivity index (χ1n) is 6.67. The first-order chi connectivity index (χ1) is 9.70. The first kappa shape index (κ1) is 13.2. The summed E-state index contributed by atoms with van der Waals surface area (Å²) in [5.41, 5.74) is 9.49. The van der Waals surface area contributed by atoms with Gasteiger partial charge in [-0.1, -0.05) is 35.9 Å². The SMILES string of the molecule is CCn1c(C(N)c2ccc(Cl)cc2)nc2ccccc21. The van der Waals surface area contributed by atoms with Crippen molar-refractivity contribution in [3.63, 3.8) is 0 Å². The van der Waals surface area contributed by atoms with Gasteiger partial charge in [-0.05, 0) is 36.8 Å². The van der Waals surface area contributed by atoms with Gasteiger partial charge in [-0.25, -0.2) is 4.98 Å². The highest BCUT2D eigenvalue weighted by Gasteiger charge is 2.17.